The molecule has 1 spiro atoms. The van der Waals surface area contributed by atoms with E-state index in [2.05, 4.69) is 193 Å². The summed E-state index contributed by atoms with van der Waals surface area (Å²) in [5.41, 5.74) is 19.7. The monoisotopic (exact) mass is 663 g/mol. The van der Waals surface area contributed by atoms with E-state index in [9.17, 15) is 0 Å². The van der Waals surface area contributed by atoms with Gasteiger partial charge in [-0.05, 0) is 97.3 Å². The number of allylic oxidation sites excluding steroid dienone is 4. The van der Waals surface area contributed by atoms with Gasteiger partial charge in [0.1, 0.15) is 0 Å². The summed E-state index contributed by atoms with van der Waals surface area (Å²) in [6.07, 6.45) is 10.4. The molecule has 0 heterocycles. The molecule has 7 aromatic rings. The van der Waals surface area contributed by atoms with Crippen molar-refractivity contribution in [1.29, 1.82) is 0 Å². The summed E-state index contributed by atoms with van der Waals surface area (Å²) in [4.78, 5) is 2.59. The van der Waals surface area contributed by atoms with Gasteiger partial charge >= 0.3 is 0 Å². The summed E-state index contributed by atoms with van der Waals surface area (Å²) in [6, 6.07) is 61.5. The lowest BCUT2D eigenvalue weighted by atomic mass is 9.70. The Balaban J connectivity index is 1.12. The maximum Gasteiger partial charge on any atom is 0.0726 e. The molecule has 0 amide bonds. The second-order valence-electron chi connectivity index (χ2n) is 14.8. The van der Waals surface area contributed by atoms with Crippen molar-refractivity contribution < 1.29 is 0 Å². The molecule has 52 heavy (non-hydrogen) atoms. The van der Waals surface area contributed by atoms with Crippen LogP contribution in [0.25, 0.3) is 33.4 Å². The number of anilines is 2. The molecule has 0 aromatic heterocycles. The largest absolute Gasteiger partial charge is 0.336 e. The van der Waals surface area contributed by atoms with Crippen molar-refractivity contribution in [3.8, 4) is 33.4 Å². The zero-order valence-corrected chi connectivity index (χ0v) is 28.9. The second kappa shape index (κ2) is 11.4. The van der Waals surface area contributed by atoms with Crippen molar-refractivity contribution in [1.82, 2.24) is 0 Å². The molecule has 246 valence electrons. The van der Waals surface area contributed by atoms with Crippen LogP contribution in [0.5, 0.6) is 0 Å². The zero-order chi connectivity index (χ0) is 34.2. The average molecular weight is 664 g/mol. The first-order valence-corrected chi connectivity index (χ1v) is 18.6. The Labute approximate surface area is 305 Å². The quantitative estimate of drug-likeness (QED) is 0.177. The smallest absolute Gasteiger partial charge is 0.0726 e. The third kappa shape index (κ3) is 4.17. The molecule has 2 unspecified atom stereocenters. The minimum absolute atomic E-state index is 0.373. The lowest BCUT2D eigenvalue weighted by Crippen LogP contribution is -2.26. The number of hydrogen-bond donors (Lipinski definition) is 0. The fourth-order valence-corrected chi connectivity index (χ4v) is 9.96. The molecule has 0 aliphatic heterocycles. The summed E-state index contributed by atoms with van der Waals surface area (Å²) in [5.74, 6) is 0.980. The van der Waals surface area contributed by atoms with Crippen LogP contribution in [0.1, 0.15) is 44.9 Å². The van der Waals surface area contributed by atoms with Crippen LogP contribution in [-0.4, -0.2) is 0 Å². The Kier molecular flexibility index (Phi) is 6.49. The van der Waals surface area contributed by atoms with E-state index in [1.54, 1.807) is 0 Å². The molecule has 0 bridgehead atoms. The van der Waals surface area contributed by atoms with E-state index in [4.69, 9.17) is 0 Å². The molecule has 0 N–H and O–H groups in total. The maximum absolute atomic E-state index is 2.59. The minimum Gasteiger partial charge on any atom is -0.336 e. The van der Waals surface area contributed by atoms with Gasteiger partial charge in [-0.2, -0.15) is 0 Å². The zero-order valence-electron chi connectivity index (χ0n) is 28.9. The molecular weight excluding hydrogens is 627 g/mol. The summed E-state index contributed by atoms with van der Waals surface area (Å²) in [5, 5.41) is 0. The van der Waals surface area contributed by atoms with Gasteiger partial charge in [-0.1, -0.05) is 170 Å². The van der Waals surface area contributed by atoms with Crippen molar-refractivity contribution in [2.45, 2.75) is 24.3 Å². The molecule has 1 nitrogen and oxygen atoms in total. The fraction of sp³-hybridized carbons (Fsp3) is 0.0980. The Morgan fingerprint density at radius 1 is 0.519 bits per heavy atom. The number of nitrogens with zero attached hydrogens (tertiary/aromatic N) is 1. The van der Waals surface area contributed by atoms with Gasteiger partial charge in [0.15, 0.2) is 0 Å². The van der Waals surface area contributed by atoms with Gasteiger partial charge in [-0.25, -0.2) is 0 Å². The van der Waals surface area contributed by atoms with E-state index in [0.717, 1.165) is 13.0 Å². The molecule has 0 saturated heterocycles. The standard InChI is InChI=1S/C51H37N/c1-2-13-35(14-3-1)36-27-25-34(26-28-36)33-52(39-30-29-38-31-37-15-4-5-16-40(37)44(38)32-39)49-24-12-23-48-50(49)43-19-8-11-22-47(43)51(48)45-20-9-6-17-41(45)42-18-7-10-21-46(42)51/h1-30,32,37,40H,31,33H2. The van der Waals surface area contributed by atoms with Gasteiger partial charge in [-0.3, -0.25) is 0 Å². The van der Waals surface area contributed by atoms with Crippen molar-refractivity contribution in [2.24, 2.45) is 5.92 Å². The summed E-state index contributed by atoms with van der Waals surface area (Å²) in [6.45, 7) is 0.760. The molecule has 1 heteroatoms. The highest BCUT2D eigenvalue weighted by molar-refractivity contribution is 5.99. The molecule has 4 aliphatic rings. The van der Waals surface area contributed by atoms with E-state index in [0.29, 0.717) is 11.8 Å². The number of benzene rings is 7. The molecular formula is C51H37N. The minimum atomic E-state index is -0.373. The van der Waals surface area contributed by atoms with Gasteiger partial charge < -0.3 is 4.90 Å². The van der Waals surface area contributed by atoms with E-state index >= 15 is 0 Å². The van der Waals surface area contributed by atoms with Gasteiger partial charge in [0.05, 0.1) is 5.41 Å². The molecule has 7 aromatic carbocycles. The van der Waals surface area contributed by atoms with Crippen LogP contribution in [0.3, 0.4) is 0 Å². The summed E-state index contributed by atoms with van der Waals surface area (Å²) in [7, 11) is 0. The topological polar surface area (TPSA) is 3.24 Å². The highest BCUT2D eigenvalue weighted by Gasteiger charge is 2.52. The van der Waals surface area contributed by atoms with Crippen LogP contribution in [-0.2, 0) is 18.4 Å². The second-order valence-corrected chi connectivity index (χ2v) is 14.8. The number of fused-ring (bicyclic) bond motifs is 13. The lowest BCUT2D eigenvalue weighted by Gasteiger charge is -2.32. The van der Waals surface area contributed by atoms with Crippen molar-refractivity contribution in [3.05, 3.63) is 227 Å². The first-order valence-electron chi connectivity index (χ1n) is 18.6. The van der Waals surface area contributed by atoms with Crippen LogP contribution in [0.4, 0.5) is 11.4 Å². The fourth-order valence-electron chi connectivity index (χ4n) is 9.96. The molecule has 11 rings (SSSR count). The Bertz CT molecular complexity index is 2540. The highest BCUT2D eigenvalue weighted by Crippen LogP contribution is 2.64. The van der Waals surface area contributed by atoms with E-state index in [-0.39, 0.29) is 5.41 Å². The predicted molar refractivity (Wildman–Crippen MR) is 215 cm³/mol. The Morgan fingerprint density at radius 2 is 1.13 bits per heavy atom. The Hall–Kier alpha value is -6.18. The predicted octanol–water partition coefficient (Wildman–Crippen LogP) is 12.4. The van der Waals surface area contributed by atoms with Gasteiger partial charge in [0, 0.05) is 29.4 Å². The summed E-state index contributed by atoms with van der Waals surface area (Å²) >= 11 is 0. The van der Waals surface area contributed by atoms with Crippen LogP contribution < -0.4 is 4.90 Å². The first kappa shape index (κ1) is 29.5. The van der Waals surface area contributed by atoms with Crippen LogP contribution in [0.15, 0.2) is 188 Å². The van der Waals surface area contributed by atoms with Gasteiger partial charge in [0.25, 0.3) is 0 Å². The van der Waals surface area contributed by atoms with Crippen molar-refractivity contribution in [2.75, 3.05) is 4.90 Å². The van der Waals surface area contributed by atoms with Gasteiger partial charge in [0.2, 0.25) is 0 Å². The molecule has 0 fully saturated rings. The average Bonchev–Trinajstić information content (AvgIpc) is 3.84. The number of rotatable bonds is 5. The van der Waals surface area contributed by atoms with Gasteiger partial charge in [-0.15, -0.1) is 0 Å². The third-order valence-electron chi connectivity index (χ3n) is 12.2. The lowest BCUT2D eigenvalue weighted by molar-refractivity contribution is 0.630. The molecule has 2 atom stereocenters. The van der Waals surface area contributed by atoms with E-state index in [1.165, 1.54) is 83.7 Å². The summed E-state index contributed by atoms with van der Waals surface area (Å²) < 4.78 is 0. The first-order chi connectivity index (χ1) is 25.8. The maximum atomic E-state index is 2.59. The number of hydrogen-bond acceptors (Lipinski definition) is 1. The highest BCUT2D eigenvalue weighted by atomic mass is 15.1. The van der Waals surface area contributed by atoms with E-state index in [1.807, 2.05) is 0 Å². The van der Waals surface area contributed by atoms with E-state index < -0.39 is 0 Å². The van der Waals surface area contributed by atoms with Crippen LogP contribution >= 0.6 is 0 Å². The van der Waals surface area contributed by atoms with Crippen molar-refractivity contribution >= 4 is 11.4 Å². The molecule has 4 aliphatic carbocycles. The van der Waals surface area contributed by atoms with Crippen LogP contribution in [0.2, 0.25) is 0 Å². The molecule has 0 radical (unpaired) electrons. The Morgan fingerprint density at radius 3 is 1.88 bits per heavy atom. The third-order valence-corrected chi connectivity index (χ3v) is 12.2. The SMILES string of the molecule is C1=CC2Cc3ccc(N(Cc4ccc(-c5ccccc5)cc4)c4cccc5c4-c4ccccc4C54c5ccccc5-c5ccccc54)cc3C2C=C1. The van der Waals surface area contributed by atoms with Crippen molar-refractivity contribution in [3.63, 3.8) is 0 Å². The molecule has 0 saturated carbocycles. The normalized spacial score (nSPS) is 17.6. The van der Waals surface area contributed by atoms with Crippen LogP contribution in [0, 0.1) is 5.92 Å².